The molecule has 114 valence electrons. The first-order chi connectivity index (χ1) is 10.1. The Morgan fingerprint density at radius 3 is 2.67 bits per heavy atom. The normalized spacial score (nSPS) is 19.8. The van der Waals surface area contributed by atoms with E-state index >= 15 is 0 Å². The van der Waals surface area contributed by atoms with Crippen LogP contribution >= 0.6 is 27.5 Å². The van der Waals surface area contributed by atoms with Gasteiger partial charge in [0.1, 0.15) is 0 Å². The molecule has 1 aliphatic carbocycles. The second-order valence-electron chi connectivity index (χ2n) is 6.04. The lowest BCUT2D eigenvalue weighted by atomic mass is 10.0. The van der Waals surface area contributed by atoms with Crippen molar-refractivity contribution in [2.75, 3.05) is 19.6 Å². The number of nitrogens with zero attached hydrogens (tertiary/aromatic N) is 1. The molecule has 3 rings (SSSR count). The largest absolute Gasteiger partial charge is 0.338 e. The van der Waals surface area contributed by atoms with Gasteiger partial charge in [-0.3, -0.25) is 4.79 Å². The zero-order chi connectivity index (χ0) is 14.8. The number of nitrogens with one attached hydrogen (secondary N) is 1. The topological polar surface area (TPSA) is 32.3 Å². The summed E-state index contributed by atoms with van der Waals surface area (Å²) in [5, 5.41) is 4.16. The molecular formula is C16H20BrClN2O. The van der Waals surface area contributed by atoms with Gasteiger partial charge in [0, 0.05) is 23.6 Å². The molecule has 0 atom stereocenters. The molecule has 1 aliphatic heterocycles. The summed E-state index contributed by atoms with van der Waals surface area (Å²) < 4.78 is 0.885. The maximum Gasteiger partial charge on any atom is 0.255 e. The monoisotopic (exact) mass is 370 g/mol. The van der Waals surface area contributed by atoms with E-state index in [4.69, 9.17) is 11.6 Å². The van der Waals surface area contributed by atoms with Crippen LogP contribution in [-0.4, -0.2) is 36.5 Å². The maximum atomic E-state index is 12.6. The fraction of sp³-hybridized carbons (Fsp3) is 0.562. The fourth-order valence-corrected chi connectivity index (χ4v) is 3.33. The van der Waals surface area contributed by atoms with Crippen molar-refractivity contribution >= 4 is 33.4 Å². The molecule has 0 spiro atoms. The van der Waals surface area contributed by atoms with Gasteiger partial charge in [0.15, 0.2) is 0 Å². The molecule has 1 heterocycles. The Kier molecular flexibility index (Phi) is 4.87. The number of likely N-dealkylation sites (tertiary alicyclic amines) is 1. The molecule has 1 saturated carbocycles. The van der Waals surface area contributed by atoms with E-state index < -0.39 is 0 Å². The Labute approximate surface area is 139 Å². The van der Waals surface area contributed by atoms with Crippen molar-refractivity contribution in [3.63, 3.8) is 0 Å². The highest BCUT2D eigenvalue weighted by atomic mass is 79.9. The van der Waals surface area contributed by atoms with Gasteiger partial charge in [-0.25, -0.2) is 0 Å². The van der Waals surface area contributed by atoms with E-state index in [1.54, 1.807) is 6.07 Å². The Bertz CT molecular complexity index is 525. The Hall–Kier alpha value is -0.580. The van der Waals surface area contributed by atoms with Crippen LogP contribution in [0.1, 0.15) is 36.0 Å². The summed E-state index contributed by atoms with van der Waals surface area (Å²) in [6.45, 7) is 2.77. The van der Waals surface area contributed by atoms with Crippen molar-refractivity contribution in [3.05, 3.63) is 33.3 Å². The minimum Gasteiger partial charge on any atom is -0.338 e. The van der Waals surface area contributed by atoms with Gasteiger partial charge >= 0.3 is 0 Å². The third-order valence-electron chi connectivity index (χ3n) is 4.33. The quantitative estimate of drug-likeness (QED) is 0.875. The SMILES string of the molecule is O=C(c1cc(Br)ccc1Cl)N1CCC(NCC2CC2)CC1. The van der Waals surface area contributed by atoms with Crippen LogP contribution in [0.3, 0.4) is 0 Å². The van der Waals surface area contributed by atoms with Gasteiger partial charge in [0.2, 0.25) is 0 Å². The third kappa shape index (κ3) is 3.99. The van der Waals surface area contributed by atoms with Gasteiger partial charge in [-0.05, 0) is 56.3 Å². The Morgan fingerprint density at radius 2 is 2.00 bits per heavy atom. The Morgan fingerprint density at radius 1 is 1.29 bits per heavy atom. The van der Waals surface area contributed by atoms with E-state index in [1.807, 2.05) is 17.0 Å². The van der Waals surface area contributed by atoms with Crippen molar-refractivity contribution in [3.8, 4) is 0 Å². The van der Waals surface area contributed by atoms with Crippen molar-refractivity contribution in [2.24, 2.45) is 5.92 Å². The average Bonchev–Trinajstić information content (AvgIpc) is 3.32. The summed E-state index contributed by atoms with van der Waals surface area (Å²) in [4.78, 5) is 14.5. The number of carbonyl (C=O) groups excluding carboxylic acids is 1. The smallest absolute Gasteiger partial charge is 0.255 e. The van der Waals surface area contributed by atoms with Gasteiger partial charge in [-0.1, -0.05) is 27.5 Å². The van der Waals surface area contributed by atoms with Crippen LogP contribution in [0.5, 0.6) is 0 Å². The summed E-state index contributed by atoms with van der Waals surface area (Å²) in [6.07, 6.45) is 4.82. The van der Waals surface area contributed by atoms with Crippen molar-refractivity contribution in [1.29, 1.82) is 0 Å². The molecule has 0 radical (unpaired) electrons. The second-order valence-corrected chi connectivity index (χ2v) is 7.37. The molecule has 0 aromatic heterocycles. The third-order valence-corrected chi connectivity index (χ3v) is 5.16. The predicted molar refractivity (Wildman–Crippen MR) is 88.8 cm³/mol. The lowest BCUT2D eigenvalue weighted by molar-refractivity contribution is 0.0705. The predicted octanol–water partition coefficient (Wildman–Crippen LogP) is 3.71. The number of hydrogen-bond acceptors (Lipinski definition) is 2. The van der Waals surface area contributed by atoms with Crippen LogP contribution in [0.2, 0.25) is 5.02 Å². The van der Waals surface area contributed by atoms with Crippen LogP contribution < -0.4 is 5.32 Å². The zero-order valence-corrected chi connectivity index (χ0v) is 14.3. The molecule has 3 nitrogen and oxygen atoms in total. The summed E-state index contributed by atoms with van der Waals surface area (Å²) in [5.74, 6) is 0.951. The number of rotatable bonds is 4. The lowest BCUT2D eigenvalue weighted by Crippen LogP contribution is -2.45. The van der Waals surface area contributed by atoms with Gasteiger partial charge in [-0.15, -0.1) is 0 Å². The molecule has 2 aliphatic rings. The van der Waals surface area contributed by atoms with Crippen LogP contribution in [0.25, 0.3) is 0 Å². The van der Waals surface area contributed by atoms with Gasteiger partial charge in [-0.2, -0.15) is 0 Å². The highest BCUT2D eigenvalue weighted by Gasteiger charge is 2.27. The lowest BCUT2D eigenvalue weighted by Gasteiger charge is -2.32. The van der Waals surface area contributed by atoms with E-state index in [9.17, 15) is 4.79 Å². The maximum absolute atomic E-state index is 12.6. The number of amides is 1. The molecule has 1 amide bonds. The molecule has 0 unspecified atom stereocenters. The minimum absolute atomic E-state index is 0.0435. The molecule has 0 bridgehead atoms. The van der Waals surface area contributed by atoms with E-state index in [-0.39, 0.29) is 5.91 Å². The fourth-order valence-electron chi connectivity index (χ4n) is 2.77. The van der Waals surface area contributed by atoms with Crippen LogP contribution in [0.15, 0.2) is 22.7 Å². The summed E-state index contributed by atoms with van der Waals surface area (Å²) in [6, 6.07) is 5.99. The molecule has 5 heteroatoms. The van der Waals surface area contributed by atoms with Crippen molar-refractivity contribution in [2.45, 2.75) is 31.7 Å². The Balaban J connectivity index is 1.55. The number of piperidine rings is 1. The standard InChI is InChI=1S/C16H20BrClN2O/c17-12-3-4-15(18)14(9-12)16(21)20-7-5-13(6-8-20)19-10-11-1-2-11/h3-4,9,11,13,19H,1-2,5-8,10H2. The molecule has 1 aromatic carbocycles. The first kappa shape index (κ1) is 15.3. The van der Waals surface area contributed by atoms with Gasteiger partial charge in [0.25, 0.3) is 5.91 Å². The van der Waals surface area contributed by atoms with E-state index in [0.29, 0.717) is 16.6 Å². The molecule has 1 aromatic rings. The molecular weight excluding hydrogens is 352 g/mol. The number of halogens is 2. The van der Waals surface area contributed by atoms with E-state index in [0.717, 1.165) is 42.9 Å². The van der Waals surface area contributed by atoms with Crippen LogP contribution in [0.4, 0.5) is 0 Å². The van der Waals surface area contributed by atoms with Crippen molar-refractivity contribution in [1.82, 2.24) is 10.2 Å². The summed E-state index contributed by atoms with van der Waals surface area (Å²) in [7, 11) is 0. The molecule has 2 fully saturated rings. The summed E-state index contributed by atoms with van der Waals surface area (Å²) >= 11 is 9.55. The molecule has 21 heavy (non-hydrogen) atoms. The average molecular weight is 372 g/mol. The minimum atomic E-state index is 0.0435. The first-order valence-corrected chi connectivity index (χ1v) is 8.78. The first-order valence-electron chi connectivity index (χ1n) is 7.61. The van der Waals surface area contributed by atoms with E-state index in [1.165, 1.54) is 12.8 Å². The van der Waals surface area contributed by atoms with E-state index in [2.05, 4.69) is 21.2 Å². The highest BCUT2D eigenvalue weighted by Crippen LogP contribution is 2.28. The summed E-state index contributed by atoms with van der Waals surface area (Å²) in [5.41, 5.74) is 0.593. The number of carbonyl (C=O) groups is 1. The molecule has 1 N–H and O–H groups in total. The molecule has 1 saturated heterocycles. The van der Waals surface area contributed by atoms with Gasteiger partial charge in [0.05, 0.1) is 10.6 Å². The highest BCUT2D eigenvalue weighted by molar-refractivity contribution is 9.10. The second kappa shape index (κ2) is 6.67. The number of hydrogen-bond donors (Lipinski definition) is 1. The number of benzene rings is 1. The van der Waals surface area contributed by atoms with Crippen LogP contribution in [0, 0.1) is 5.92 Å². The van der Waals surface area contributed by atoms with Crippen molar-refractivity contribution < 1.29 is 4.79 Å². The van der Waals surface area contributed by atoms with Crippen LogP contribution in [-0.2, 0) is 0 Å². The van der Waals surface area contributed by atoms with Gasteiger partial charge < -0.3 is 10.2 Å². The zero-order valence-electron chi connectivity index (χ0n) is 11.9.